The summed E-state index contributed by atoms with van der Waals surface area (Å²) in [6.45, 7) is 0.748. The van der Waals surface area contributed by atoms with Gasteiger partial charge in [0.25, 0.3) is 0 Å². The molecule has 0 radical (unpaired) electrons. The van der Waals surface area contributed by atoms with Crippen LogP contribution in [0.4, 0.5) is 0 Å². The Kier molecular flexibility index (Phi) is 3.84. The van der Waals surface area contributed by atoms with Crippen molar-refractivity contribution in [2.45, 2.75) is 25.3 Å². The number of rotatable bonds is 5. The van der Waals surface area contributed by atoms with Crippen molar-refractivity contribution in [3.8, 4) is 0 Å². The Hall–Kier alpha value is -0.800. The van der Waals surface area contributed by atoms with Gasteiger partial charge < -0.3 is 15.9 Å². The van der Waals surface area contributed by atoms with Crippen molar-refractivity contribution in [2.75, 3.05) is 6.54 Å². The van der Waals surface area contributed by atoms with Gasteiger partial charge in [0.15, 0.2) is 0 Å². The molecule has 12 heavy (non-hydrogen) atoms. The fourth-order valence-corrected chi connectivity index (χ4v) is 1.16. The SMILES string of the molecule is NCCCC[C@H](N)c1ccoc1. The van der Waals surface area contributed by atoms with E-state index in [0.29, 0.717) is 0 Å². The monoisotopic (exact) mass is 168 g/mol. The van der Waals surface area contributed by atoms with E-state index >= 15 is 0 Å². The Balaban J connectivity index is 2.25. The molecule has 0 bridgehead atoms. The summed E-state index contributed by atoms with van der Waals surface area (Å²) >= 11 is 0. The highest BCUT2D eigenvalue weighted by molar-refractivity contribution is 5.10. The number of hydrogen-bond acceptors (Lipinski definition) is 3. The van der Waals surface area contributed by atoms with Crippen LogP contribution in [-0.2, 0) is 0 Å². The Morgan fingerprint density at radius 2 is 2.25 bits per heavy atom. The van der Waals surface area contributed by atoms with E-state index < -0.39 is 0 Å². The first-order valence-corrected chi connectivity index (χ1v) is 4.32. The smallest absolute Gasteiger partial charge is 0.0950 e. The van der Waals surface area contributed by atoms with Crippen molar-refractivity contribution in [3.05, 3.63) is 24.2 Å². The fraction of sp³-hybridized carbons (Fsp3) is 0.556. The van der Waals surface area contributed by atoms with Gasteiger partial charge in [-0.3, -0.25) is 0 Å². The van der Waals surface area contributed by atoms with Gasteiger partial charge in [0, 0.05) is 11.6 Å². The van der Waals surface area contributed by atoms with Gasteiger partial charge in [-0.15, -0.1) is 0 Å². The summed E-state index contributed by atoms with van der Waals surface area (Å²) in [4.78, 5) is 0. The van der Waals surface area contributed by atoms with E-state index in [4.69, 9.17) is 15.9 Å². The molecule has 0 aliphatic carbocycles. The normalized spacial score (nSPS) is 13.2. The highest BCUT2D eigenvalue weighted by Crippen LogP contribution is 2.16. The Morgan fingerprint density at radius 1 is 1.42 bits per heavy atom. The quantitative estimate of drug-likeness (QED) is 0.653. The van der Waals surface area contributed by atoms with Gasteiger partial charge in [0.05, 0.1) is 12.5 Å². The van der Waals surface area contributed by atoms with Crippen LogP contribution in [0.25, 0.3) is 0 Å². The summed E-state index contributed by atoms with van der Waals surface area (Å²) in [6.07, 6.45) is 6.47. The largest absolute Gasteiger partial charge is 0.472 e. The first-order chi connectivity index (χ1) is 5.84. The van der Waals surface area contributed by atoms with Crippen LogP contribution in [0.5, 0.6) is 0 Å². The number of furan rings is 1. The first kappa shape index (κ1) is 9.29. The lowest BCUT2D eigenvalue weighted by molar-refractivity contribution is 0.546. The number of nitrogens with two attached hydrogens (primary N) is 2. The summed E-state index contributed by atoms with van der Waals surface area (Å²) in [5, 5.41) is 0. The summed E-state index contributed by atoms with van der Waals surface area (Å²) in [5.41, 5.74) is 12.3. The van der Waals surface area contributed by atoms with Crippen molar-refractivity contribution in [3.63, 3.8) is 0 Å². The van der Waals surface area contributed by atoms with Gasteiger partial charge >= 0.3 is 0 Å². The molecule has 4 N–H and O–H groups in total. The van der Waals surface area contributed by atoms with Gasteiger partial charge in [0.2, 0.25) is 0 Å². The molecule has 0 saturated heterocycles. The van der Waals surface area contributed by atoms with Crippen LogP contribution in [0.1, 0.15) is 30.9 Å². The second kappa shape index (κ2) is 4.95. The lowest BCUT2D eigenvalue weighted by Crippen LogP contribution is -2.10. The average molecular weight is 168 g/mol. The van der Waals surface area contributed by atoms with Crippen LogP contribution < -0.4 is 11.5 Å². The zero-order valence-corrected chi connectivity index (χ0v) is 7.20. The lowest BCUT2D eigenvalue weighted by Gasteiger charge is -2.07. The molecule has 3 heteroatoms. The molecule has 1 heterocycles. The molecule has 0 aliphatic heterocycles. The highest BCUT2D eigenvalue weighted by Gasteiger charge is 2.05. The molecule has 0 saturated carbocycles. The average Bonchev–Trinajstić information content (AvgIpc) is 2.56. The van der Waals surface area contributed by atoms with Crippen molar-refractivity contribution >= 4 is 0 Å². The second-order valence-corrected chi connectivity index (χ2v) is 2.95. The van der Waals surface area contributed by atoms with Gasteiger partial charge in [0.1, 0.15) is 0 Å². The van der Waals surface area contributed by atoms with Crippen LogP contribution in [0.3, 0.4) is 0 Å². The number of unbranched alkanes of at least 4 members (excludes halogenated alkanes) is 1. The van der Waals surface area contributed by atoms with E-state index in [0.717, 1.165) is 31.4 Å². The summed E-state index contributed by atoms with van der Waals surface area (Å²) < 4.78 is 4.94. The molecule has 0 aromatic carbocycles. The molecule has 1 aromatic heterocycles. The van der Waals surface area contributed by atoms with E-state index in [1.54, 1.807) is 12.5 Å². The van der Waals surface area contributed by atoms with Crippen molar-refractivity contribution in [2.24, 2.45) is 11.5 Å². The van der Waals surface area contributed by atoms with E-state index in [-0.39, 0.29) is 6.04 Å². The van der Waals surface area contributed by atoms with E-state index in [1.807, 2.05) is 6.07 Å². The first-order valence-electron chi connectivity index (χ1n) is 4.32. The molecule has 1 rings (SSSR count). The zero-order chi connectivity index (χ0) is 8.81. The minimum absolute atomic E-state index is 0.107. The zero-order valence-electron chi connectivity index (χ0n) is 7.20. The Labute approximate surface area is 72.7 Å². The molecule has 1 aromatic rings. The van der Waals surface area contributed by atoms with Crippen molar-refractivity contribution < 1.29 is 4.42 Å². The molecular weight excluding hydrogens is 152 g/mol. The molecule has 0 spiro atoms. The third kappa shape index (κ3) is 2.68. The van der Waals surface area contributed by atoms with Crippen LogP contribution in [0.2, 0.25) is 0 Å². The third-order valence-corrected chi connectivity index (χ3v) is 1.94. The maximum absolute atomic E-state index is 5.88. The molecular formula is C9H16N2O. The topological polar surface area (TPSA) is 65.2 Å². The van der Waals surface area contributed by atoms with Crippen molar-refractivity contribution in [1.29, 1.82) is 0 Å². The van der Waals surface area contributed by atoms with E-state index in [1.165, 1.54) is 0 Å². The van der Waals surface area contributed by atoms with Crippen LogP contribution in [0.15, 0.2) is 23.0 Å². The Morgan fingerprint density at radius 3 is 2.83 bits per heavy atom. The highest BCUT2D eigenvalue weighted by atomic mass is 16.3. The van der Waals surface area contributed by atoms with Gasteiger partial charge in [-0.05, 0) is 25.5 Å². The van der Waals surface area contributed by atoms with Gasteiger partial charge in [-0.2, -0.15) is 0 Å². The summed E-state index contributed by atoms with van der Waals surface area (Å²) in [5.74, 6) is 0. The third-order valence-electron chi connectivity index (χ3n) is 1.94. The molecule has 0 aliphatic rings. The molecule has 68 valence electrons. The predicted octanol–water partition coefficient (Wildman–Crippen LogP) is 1.41. The number of hydrogen-bond donors (Lipinski definition) is 2. The molecule has 0 amide bonds. The van der Waals surface area contributed by atoms with Crippen molar-refractivity contribution in [1.82, 2.24) is 0 Å². The maximum atomic E-state index is 5.88. The molecule has 1 atom stereocenters. The van der Waals surface area contributed by atoms with Gasteiger partial charge in [-0.25, -0.2) is 0 Å². The maximum Gasteiger partial charge on any atom is 0.0950 e. The second-order valence-electron chi connectivity index (χ2n) is 2.95. The molecule has 0 unspecified atom stereocenters. The standard InChI is InChI=1S/C9H16N2O/c10-5-2-1-3-9(11)8-4-6-12-7-8/h4,6-7,9H,1-3,5,10-11H2/t9-/m0/s1. The Bertz CT molecular complexity index is 196. The minimum atomic E-state index is 0.107. The fourth-order valence-electron chi connectivity index (χ4n) is 1.16. The van der Waals surface area contributed by atoms with Crippen LogP contribution >= 0.6 is 0 Å². The van der Waals surface area contributed by atoms with E-state index in [9.17, 15) is 0 Å². The van der Waals surface area contributed by atoms with E-state index in [2.05, 4.69) is 0 Å². The predicted molar refractivity (Wildman–Crippen MR) is 48.5 cm³/mol. The van der Waals surface area contributed by atoms with Gasteiger partial charge in [-0.1, -0.05) is 6.42 Å². The van der Waals surface area contributed by atoms with Crippen LogP contribution in [-0.4, -0.2) is 6.54 Å². The minimum Gasteiger partial charge on any atom is -0.472 e. The lowest BCUT2D eigenvalue weighted by atomic mass is 10.1. The summed E-state index contributed by atoms with van der Waals surface area (Å²) in [7, 11) is 0. The summed E-state index contributed by atoms with van der Waals surface area (Å²) in [6, 6.07) is 2.02. The molecule has 3 nitrogen and oxygen atoms in total. The molecule has 0 fully saturated rings. The van der Waals surface area contributed by atoms with Crippen LogP contribution in [0, 0.1) is 0 Å².